The van der Waals surface area contributed by atoms with E-state index in [0.29, 0.717) is 23.6 Å². The maximum Gasteiger partial charge on any atom is 0.225 e. The molecule has 0 amide bonds. The van der Waals surface area contributed by atoms with Crippen molar-refractivity contribution in [3.8, 4) is 0 Å². The number of anilines is 1. The Morgan fingerprint density at radius 2 is 2.04 bits per heavy atom. The van der Waals surface area contributed by atoms with Crippen LogP contribution in [-0.2, 0) is 13.5 Å². The lowest BCUT2D eigenvalue weighted by Crippen LogP contribution is -2.26. The predicted molar refractivity (Wildman–Crippen MR) is 91.2 cm³/mol. The number of imidazole rings is 1. The number of fused-ring (bicyclic) bond motifs is 1. The highest BCUT2D eigenvalue weighted by Crippen LogP contribution is 2.31. The first-order chi connectivity index (χ1) is 11.7. The van der Waals surface area contributed by atoms with Gasteiger partial charge in [-0.05, 0) is 42.9 Å². The molecule has 5 nitrogen and oxygen atoms in total. The van der Waals surface area contributed by atoms with E-state index in [1.807, 2.05) is 29.9 Å². The Morgan fingerprint density at radius 1 is 1.21 bits per heavy atom. The van der Waals surface area contributed by atoms with E-state index in [-0.39, 0.29) is 5.82 Å². The Balaban J connectivity index is 1.48. The van der Waals surface area contributed by atoms with Gasteiger partial charge < -0.3 is 9.88 Å². The van der Waals surface area contributed by atoms with Crippen molar-refractivity contribution in [3.05, 3.63) is 48.2 Å². The second kappa shape index (κ2) is 6.19. The SMILES string of the molecule is Cn1cnc2nc(N[C@H]3CCC[C@H]3Cc3ccc(F)cc3)ncc21. The molecule has 0 spiro atoms. The molecule has 0 unspecified atom stereocenters. The van der Waals surface area contributed by atoms with Crippen LogP contribution in [0.3, 0.4) is 0 Å². The molecule has 1 fully saturated rings. The third-order valence-electron chi connectivity index (χ3n) is 4.87. The third kappa shape index (κ3) is 2.96. The quantitative estimate of drug-likeness (QED) is 0.799. The lowest BCUT2D eigenvalue weighted by molar-refractivity contribution is 0.499. The van der Waals surface area contributed by atoms with Crippen molar-refractivity contribution in [1.82, 2.24) is 19.5 Å². The van der Waals surface area contributed by atoms with Crippen molar-refractivity contribution in [2.75, 3.05) is 5.32 Å². The number of aromatic nitrogens is 4. The number of benzene rings is 1. The van der Waals surface area contributed by atoms with E-state index in [1.165, 1.54) is 30.5 Å². The minimum atomic E-state index is -0.183. The highest BCUT2D eigenvalue weighted by Gasteiger charge is 2.28. The number of halogens is 1. The maximum absolute atomic E-state index is 13.1. The molecule has 1 aliphatic carbocycles. The van der Waals surface area contributed by atoms with Gasteiger partial charge in [-0.25, -0.2) is 14.4 Å². The molecule has 4 rings (SSSR count). The molecule has 24 heavy (non-hydrogen) atoms. The first-order valence-electron chi connectivity index (χ1n) is 8.34. The van der Waals surface area contributed by atoms with Crippen molar-refractivity contribution >= 4 is 17.1 Å². The van der Waals surface area contributed by atoms with Gasteiger partial charge in [-0.15, -0.1) is 0 Å². The Hall–Kier alpha value is -2.50. The fourth-order valence-electron chi connectivity index (χ4n) is 3.54. The van der Waals surface area contributed by atoms with Crippen LogP contribution in [0.5, 0.6) is 0 Å². The summed E-state index contributed by atoms with van der Waals surface area (Å²) in [5.41, 5.74) is 2.81. The average molecular weight is 325 g/mol. The molecule has 124 valence electrons. The van der Waals surface area contributed by atoms with Crippen molar-refractivity contribution < 1.29 is 4.39 Å². The molecule has 1 N–H and O–H groups in total. The Labute approximate surface area is 140 Å². The predicted octanol–water partition coefficient (Wildman–Crippen LogP) is 3.33. The maximum atomic E-state index is 13.1. The summed E-state index contributed by atoms with van der Waals surface area (Å²) in [4.78, 5) is 13.2. The summed E-state index contributed by atoms with van der Waals surface area (Å²) in [6.45, 7) is 0. The van der Waals surface area contributed by atoms with E-state index in [1.54, 1.807) is 6.33 Å². The summed E-state index contributed by atoms with van der Waals surface area (Å²) < 4.78 is 15.0. The zero-order valence-electron chi connectivity index (χ0n) is 13.6. The van der Waals surface area contributed by atoms with Crippen LogP contribution >= 0.6 is 0 Å². The molecule has 6 heteroatoms. The van der Waals surface area contributed by atoms with Gasteiger partial charge in [0.15, 0.2) is 5.65 Å². The van der Waals surface area contributed by atoms with Gasteiger partial charge in [0, 0.05) is 13.1 Å². The topological polar surface area (TPSA) is 55.6 Å². The van der Waals surface area contributed by atoms with Crippen LogP contribution in [0.15, 0.2) is 36.8 Å². The van der Waals surface area contributed by atoms with Gasteiger partial charge in [-0.1, -0.05) is 18.6 Å². The highest BCUT2D eigenvalue weighted by atomic mass is 19.1. The second-order valence-corrected chi connectivity index (χ2v) is 6.53. The van der Waals surface area contributed by atoms with Crippen molar-refractivity contribution in [2.24, 2.45) is 13.0 Å². The van der Waals surface area contributed by atoms with Crippen LogP contribution in [0.25, 0.3) is 11.2 Å². The lowest BCUT2D eigenvalue weighted by atomic mass is 9.94. The van der Waals surface area contributed by atoms with Gasteiger partial charge in [0.1, 0.15) is 11.3 Å². The zero-order chi connectivity index (χ0) is 16.5. The standard InChI is InChI=1S/C18H20FN5/c1-24-11-21-17-16(24)10-20-18(23-17)22-15-4-2-3-13(15)9-12-5-7-14(19)8-6-12/h5-8,10-11,13,15H,2-4,9H2,1H3,(H,20,22,23)/t13-,15-/m0/s1. The van der Waals surface area contributed by atoms with Crippen molar-refractivity contribution in [2.45, 2.75) is 31.7 Å². The van der Waals surface area contributed by atoms with Gasteiger partial charge in [-0.2, -0.15) is 4.98 Å². The van der Waals surface area contributed by atoms with Crippen molar-refractivity contribution in [3.63, 3.8) is 0 Å². The van der Waals surface area contributed by atoms with E-state index >= 15 is 0 Å². The van der Waals surface area contributed by atoms with Gasteiger partial charge in [0.05, 0.1) is 12.5 Å². The van der Waals surface area contributed by atoms with Crippen LogP contribution in [0.2, 0.25) is 0 Å². The van der Waals surface area contributed by atoms with Gasteiger partial charge >= 0.3 is 0 Å². The molecule has 3 aromatic rings. The Kier molecular flexibility index (Phi) is 3.88. The summed E-state index contributed by atoms with van der Waals surface area (Å²) in [5.74, 6) is 0.965. The van der Waals surface area contributed by atoms with Gasteiger partial charge in [-0.3, -0.25) is 0 Å². The molecule has 0 aliphatic heterocycles. The molecule has 2 atom stereocenters. The number of aryl methyl sites for hydroxylation is 1. The molecular weight excluding hydrogens is 305 g/mol. The highest BCUT2D eigenvalue weighted by molar-refractivity contribution is 5.70. The van der Waals surface area contributed by atoms with Crippen LogP contribution < -0.4 is 5.32 Å². The minimum Gasteiger partial charge on any atom is -0.351 e. The van der Waals surface area contributed by atoms with Gasteiger partial charge in [0.2, 0.25) is 5.95 Å². The normalized spacial score (nSPS) is 20.6. The third-order valence-corrected chi connectivity index (χ3v) is 4.87. The molecule has 1 aliphatic rings. The average Bonchev–Trinajstić information content (AvgIpc) is 3.17. The minimum absolute atomic E-state index is 0.183. The summed E-state index contributed by atoms with van der Waals surface area (Å²) >= 11 is 0. The van der Waals surface area contributed by atoms with E-state index in [9.17, 15) is 4.39 Å². The molecular formula is C18H20FN5. The first kappa shape index (κ1) is 15.1. The van der Waals surface area contributed by atoms with E-state index < -0.39 is 0 Å². The zero-order valence-corrected chi connectivity index (χ0v) is 13.6. The summed E-state index contributed by atoms with van der Waals surface area (Å²) in [6, 6.07) is 7.16. The summed E-state index contributed by atoms with van der Waals surface area (Å²) in [5, 5.41) is 3.48. The largest absolute Gasteiger partial charge is 0.351 e. The number of hydrogen-bond acceptors (Lipinski definition) is 4. The number of rotatable bonds is 4. The number of nitrogens with one attached hydrogen (secondary N) is 1. The Morgan fingerprint density at radius 3 is 2.88 bits per heavy atom. The lowest BCUT2D eigenvalue weighted by Gasteiger charge is -2.21. The number of nitrogens with zero attached hydrogens (tertiary/aromatic N) is 4. The Bertz CT molecular complexity index is 842. The molecule has 0 saturated heterocycles. The molecule has 2 aromatic heterocycles. The van der Waals surface area contributed by atoms with E-state index in [0.717, 1.165) is 18.4 Å². The number of hydrogen-bond donors (Lipinski definition) is 1. The fraction of sp³-hybridized carbons (Fsp3) is 0.389. The smallest absolute Gasteiger partial charge is 0.225 e. The first-order valence-corrected chi connectivity index (χ1v) is 8.34. The van der Waals surface area contributed by atoms with Crippen LogP contribution in [-0.4, -0.2) is 25.6 Å². The van der Waals surface area contributed by atoms with E-state index in [4.69, 9.17) is 0 Å². The monoisotopic (exact) mass is 325 g/mol. The van der Waals surface area contributed by atoms with Crippen LogP contribution in [0.1, 0.15) is 24.8 Å². The summed E-state index contributed by atoms with van der Waals surface area (Å²) in [6.07, 6.45) is 7.97. The second-order valence-electron chi connectivity index (χ2n) is 6.53. The molecule has 1 aromatic carbocycles. The van der Waals surface area contributed by atoms with Crippen LogP contribution in [0.4, 0.5) is 10.3 Å². The molecule has 2 heterocycles. The fourth-order valence-corrected chi connectivity index (χ4v) is 3.54. The van der Waals surface area contributed by atoms with Gasteiger partial charge in [0.25, 0.3) is 0 Å². The van der Waals surface area contributed by atoms with Crippen LogP contribution in [0, 0.1) is 11.7 Å². The van der Waals surface area contributed by atoms with E-state index in [2.05, 4.69) is 20.3 Å². The van der Waals surface area contributed by atoms with Crippen molar-refractivity contribution in [1.29, 1.82) is 0 Å². The molecule has 1 saturated carbocycles. The summed E-state index contributed by atoms with van der Waals surface area (Å²) in [7, 11) is 1.93. The molecule has 0 bridgehead atoms. The molecule has 0 radical (unpaired) electrons.